The van der Waals surface area contributed by atoms with E-state index in [0.717, 1.165) is 23.1 Å². The van der Waals surface area contributed by atoms with Crippen LogP contribution >= 0.6 is 15.9 Å². The second-order valence-corrected chi connectivity index (χ2v) is 6.53. The summed E-state index contributed by atoms with van der Waals surface area (Å²) in [6.07, 6.45) is 3.48. The van der Waals surface area contributed by atoms with Crippen molar-refractivity contribution in [2.75, 3.05) is 38.2 Å². The number of amides is 1. The topological polar surface area (TPSA) is 58.6 Å². The lowest BCUT2D eigenvalue weighted by Crippen LogP contribution is -2.49. The van der Waals surface area contributed by atoms with Crippen LogP contribution in [0.1, 0.15) is 15.9 Å². The molecule has 1 aliphatic heterocycles. The van der Waals surface area contributed by atoms with E-state index in [4.69, 9.17) is 4.74 Å². The molecule has 1 aromatic heterocycles. The fourth-order valence-corrected chi connectivity index (χ4v) is 2.88. The Bertz CT molecular complexity index is 683. The first-order chi connectivity index (χ1) is 11.7. The zero-order valence-corrected chi connectivity index (χ0v) is 15.1. The van der Waals surface area contributed by atoms with Crippen molar-refractivity contribution in [3.63, 3.8) is 0 Å². The van der Waals surface area contributed by atoms with Crippen molar-refractivity contribution in [3.8, 4) is 0 Å². The van der Waals surface area contributed by atoms with Crippen LogP contribution in [0.3, 0.4) is 0 Å². The molecule has 0 atom stereocenters. The lowest BCUT2D eigenvalue weighted by molar-refractivity contribution is 0.0746. The highest BCUT2D eigenvalue weighted by atomic mass is 79.9. The molecule has 1 aromatic carbocycles. The van der Waals surface area contributed by atoms with Gasteiger partial charge in [-0.1, -0.05) is 12.1 Å². The molecule has 1 fully saturated rings. The van der Waals surface area contributed by atoms with E-state index in [1.165, 1.54) is 0 Å². The Labute approximate surface area is 149 Å². The molecule has 7 heteroatoms. The highest BCUT2D eigenvalue weighted by Gasteiger charge is 2.23. The summed E-state index contributed by atoms with van der Waals surface area (Å²) in [7, 11) is 1.66. The monoisotopic (exact) mass is 390 g/mol. The summed E-state index contributed by atoms with van der Waals surface area (Å²) in [6, 6.07) is 7.59. The Hall–Kier alpha value is -1.99. The molecular formula is C17H19BrN4O2. The molecule has 126 valence electrons. The van der Waals surface area contributed by atoms with Crippen molar-refractivity contribution >= 4 is 27.8 Å². The number of hydrogen-bond acceptors (Lipinski definition) is 5. The molecule has 1 amide bonds. The molecule has 6 nitrogen and oxygen atoms in total. The van der Waals surface area contributed by atoms with E-state index in [9.17, 15) is 4.79 Å². The summed E-state index contributed by atoms with van der Waals surface area (Å²) in [5.41, 5.74) is 1.77. The zero-order valence-electron chi connectivity index (χ0n) is 13.5. The van der Waals surface area contributed by atoms with E-state index in [2.05, 4.69) is 30.8 Å². The Morgan fingerprint density at radius 3 is 2.33 bits per heavy atom. The quantitative estimate of drug-likeness (QED) is 0.801. The molecule has 0 bridgehead atoms. The molecule has 0 saturated carbocycles. The van der Waals surface area contributed by atoms with Crippen molar-refractivity contribution in [2.45, 2.75) is 6.61 Å². The number of hydrogen-bond donors (Lipinski definition) is 0. The molecule has 24 heavy (non-hydrogen) atoms. The lowest BCUT2D eigenvalue weighted by atomic mass is 10.1. The highest BCUT2D eigenvalue weighted by molar-refractivity contribution is 9.10. The number of anilines is 1. The van der Waals surface area contributed by atoms with E-state index in [-0.39, 0.29) is 5.91 Å². The second kappa shape index (κ2) is 7.72. The lowest BCUT2D eigenvalue weighted by Gasteiger charge is -2.34. The second-order valence-electron chi connectivity index (χ2n) is 5.61. The standard InChI is InChI=1S/C17H19BrN4O2/c1-24-12-13-2-4-14(5-3-13)16(23)21-6-8-22(9-7-21)17-19-10-15(18)11-20-17/h2-5,10-11H,6-9,12H2,1H3. The molecule has 2 heterocycles. The first-order valence-corrected chi connectivity index (χ1v) is 8.56. The largest absolute Gasteiger partial charge is 0.380 e. The van der Waals surface area contributed by atoms with Gasteiger partial charge in [0.1, 0.15) is 0 Å². The van der Waals surface area contributed by atoms with E-state index >= 15 is 0 Å². The first-order valence-electron chi connectivity index (χ1n) is 7.77. The Balaban J connectivity index is 1.59. The van der Waals surface area contributed by atoms with Crippen LogP contribution in [0.2, 0.25) is 0 Å². The maximum Gasteiger partial charge on any atom is 0.253 e. The average Bonchev–Trinajstić information content (AvgIpc) is 2.63. The van der Waals surface area contributed by atoms with Crippen LogP contribution in [0, 0.1) is 0 Å². The van der Waals surface area contributed by atoms with E-state index in [0.29, 0.717) is 31.2 Å². The molecule has 0 aliphatic carbocycles. The number of carbonyl (C=O) groups excluding carboxylic acids is 1. The van der Waals surface area contributed by atoms with Crippen LogP contribution in [-0.2, 0) is 11.3 Å². The van der Waals surface area contributed by atoms with E-state index < -0.39 is 0 Å². The van der Waals surface area contributed by atoms with Gasteiger partial charge in [0.25, 0.3) is 5.91 Å². The van der Waals surface area contributed by atoms with Gasteiger partial charge in [0.15, 0.2) is 0 Å². The molecule has 0 spiro atoms. The number of rotatable bonds is 4. The van der Waals surface area contributed by atoms with Gasteiger partial charge in [0, 0.05) is 51.2 Å². The normalized spacial score (nSPS) is 14.8. The van der Waals surface area contributed by atoms with Crippen LogP contribution in [0.4, 0.5) is 5.95 Å². The smallest absolute Gasteiger partial charge is 0.253 e. The summed E-state index contributed by atoms with van der Waals surface area (Å²) in [4.78, 5) is 25.2. The Morgan fingerprint density at radius 1 is 1.12 bits per heavy atom. The van der Waals surface area contributed by atoms with Crippen molar-refractivity contribution < 1.29 is 9.53 Å². The minimum atomic E-state index is 0.0651. The minimum absolute atomic E-state index is 0.0651. The first kappa shape index (κ1) is 16.9. The van der Waals surface area contributed by atoms with Crippen molar-refractivity contribution in [1.82, 2.24) is 14.9 Å². The molecule has 3 rings (SSSR count). The fraction of sp³-hybridized carbons (Fsp3) is 0.353. The van der Waals surface area contributed by atoms with Crippen molar-refractivity contribution in [3.05, 3.63) is 52.3 Å². The summed E-state index contributed by atoms with van der Waals surface area (Å²) in [5, 5.41) is 0. The van der Waals surface area contributed by atoms with Gasteiger partial charge >= 0.3 is 0 Å². The van der Waals surface area contributed by atoms with Crippen LogP contribution < -0.4 is 4.90 Å². The van der Waals surface area contributed by atoms with Gasteiger partial charge in [-0.05, 0) is 33.6 Å². The van der Waals surface area contributed by atoms with Gasteiger partial charge in [0.2, 0.25) is 5.95 Å². The number of aromatic nitrogens is 2. The van der Waals surface area contributed by atoms with Gasteiger partial charge in [-0.3, -0.25) is 4.79 Å². The summed E-state index contributed by atoms with van der Waals surface area (Å²) < 4.78 is 5.95. The van der Waals surface area contributed by atoms with Crippen molar-refractivity contribution in [1.29, 1.82) is 0 Å². The van der Waals surface area contributed by atoms with Crippen LogP contribution in [-0.4, -0.2) is 54.1 Å². The molecule has 1 saturated heterocycles. The number of benzene rings is 1. The maximum absolute atomic E-state index is 12.6. The average molecular weight is 391 g/mol. The number of nitrogens with zero attached hydrogens (tertiary/aromatic N) is 4. The number of carbonyl (C=O) groups is 1. The van der Waals surface area contributed by atoms with Gasteiger partial charge in [-0.2, -0.15) is 0 Å². The Morgan fingerprint density at radius 2 is 1.75 bits per heavy atom. The molecular weight excluding hydrogens is 372 g/mol. The fourth-order valence-electron chi connectivity index (χ4n) is 2.67. The van der Waals surface area contributed by atoms with Gasteiger partial charge in [0.05, 0.1) is 11.1 Å². The summed E-state index contributed by atoms with van der Waals surface area (Å²) >= 11 is 3.33. The number of methoxy groups -OCH3 is 1. The van der Waals surface area contributed by atoms with Crippen LogP contribution in [0.5, 0.6) is 0 Å². The van der Waals surface area contributed by atoms with E-state index in [1.54, 1.807) is 19.5 Å². The van der Waals surface area contributed by atoms with Crippen LogP contribution in [0.25, 0.3) is 0 Å². The van der Waals surface area contributed by atoms with Gasteiger partial charge in [-0.25, -0.2) is 9.97 Å². The van der Waals surface area contributed by atoms with Crippen LogP contribution in [0.15, 0.2) is 41.1 Å². The summed E-state index contributed by atoms with van der Waals surface area (Å²) in [6.45, 7) is 3.35. The Kier molecular flexibility index (Phi) is 5.42. The third-order valence-corrected chi connectivity index (χ3v) is 4.38. The molecule has 0 unspecified atom stereocenters. The predicted octanol–water partition coefficient (Wildman–Crippen LogP) is 2.35. The van der Waals surface area contributed by atoms with Crippen molar-refractivity contribution in [2.24, 2.45) is 0 Å². The maximum atomic E-state index is 12.6. The number of halogens is 1. The zero-order chi connectivity index (χ0) is 16.9. The number of ether oxygens (including phenoxy) is 1. The van der Waals surface area contributed by atoms with Gasteiger partial charge < -0.3 is 14.5 Å². The highest BCUT2D eigenvalue weighted by Crippen LogP contribution is 2.15. The van der Waals surface area contributed by atoms with Gasteiger partial charge in [-0.15, -0.1) is 0 Å². The predicted molar refractivity (Wildman–Crippen MR) is 95.0 cm³/mol. The SMILES string of the molecule is COCc1ccc(C(=O)N2CCN(c3ncc(Br)cn3)CC2)cc1. The molecule has 1 aliphatic rings. The molecule has 0 radical (unpaired) electrons. The van der Waals surface area contributed by atoms with E-state index in [1.807, 2.05) is 29.2 Å². The third-order valence-electron chi connectivity index (χ3n) is 3.97. The number of piperazine rings is 1. The molecule has 2 aromatic rings. The third kappa shape index (κ3) is 3.91. The summed E-state index contributed by atoms with van der Waals surface area (Å²) in [5.74, 6) is 0.768. The molecule has 0 N–H and O–H groups in total. The minimum Gasteiger partial charge on any atom is -0.380 e.